The molecule has 0 saturated heterocycles. The zero-order chi connectivity index (χ0) is 0. The first-order valence-electron chi connectivity index (χ1n) is 0. The smallest absolute Gasteiger partial charge is 0 e. The Morgan fingerprint density at radius 1 is 0.500 bits per heavy atom. The molecule has 0 rings (SSSR count). The monoisotopic (exact) mass is 300 g/mol. The van der Waals surface area contributed by atoms with E-state index >= 15 is 0 Å². The van der Waals surface area contributed by atoms with Gasteiger partial charge in [0.05, 0.1) is 0 Å². The van der Waals surface area contributed by atoms with Crippen LogP contribution < -0.4 is 0 Å². The van der Waals surface area contributed by atoms with Gasteiger partial charge >= 0.3 is 0 Å². The number of halogens is 3. The first kappa shape index (κ1) is 49.3. The maximum Gasteiger partial charge on any atom is 0 e. The summed E-state index contributed by atoms with van der Waals surface area (Å²) in [5, 5.41) is 0. The molecule has 0 unspecified atom stereocenters. The van der Waals surface area contributed by atoms with E-state index in [0.717, 1.165) is 0 Å². The van der Waals surface area contributed by atoms with Crippen LogP contribution in [0.25, 0.3) is 0 Å². The Morgan fingerprint density at radius 3 is 0.500 bits per heavy atom. The Morgan fingerprint density at radius 2 is 0.500 bits per heavy atom. The summed E-state index contributed by atoms with van der Waals surface area (Å²) in [6.45, 7) is 0. The van der Waals surface area contributed by atoms with E-state index in [1.165, 1.54) is 0 Å². The molecule has 0 saturated carbocycles. The molecule has 4 heavy (non-hydrogen) atoms. The average Bonchev–Trinajstić information content (AvgIpc) is 0. The minimum absolute atomic E-state index is 0. The van der Waals surface area contributed by atoms with Crippen molar-refractivity contribution in [1.82, 2.24) is 0 Å². The van der Waals surface area contributed by atoms with Gasteiger partial charge in [0.1, 0.15) is 0 Å². The van der Waals surface area contributed by atoms with Gasteiger partial charge in [-0.3, -0.25) is 0 Å². The van der Waals surface area contributed by atoms with Gasteiger partial charge in [-0.15, -0.1) is 37.2 Å². The van der Waals surface area contributed by atoms with Crippen LogP contribution in [0.5, 0.6) is 0 Å². The molecule has 0 aromatic rings. The molecule has 0 aliphatic rings. The van der Waals surface area contributed by atoms with Crippen molar-refractivity contribution >= 4 is 37.2 Å². The molecule has 0 aliphatic heterocycles. The third-order valence-corrected chi connectivity index (χ3v) is 0. The standard InChI is InChI=1S/3ClH.Os/h3*1H;. The van der Waals surface area contributed by atoms with E-state index < -0.39 is 0 Å². The first-order valence-corrected chi connectivity index (χ1v) is 0. The van der Waals surface area contributed by atoms with E-state index in [1.54, 1.807) is 0 Å². The Bertz CT molecular complexity index is 3.25. The van der Waals surface area contributed by atoms with E-state index in [1.807, 2.05) is 0 Å². The van der Waals surface area contributed by atoms with E-state index in [-0.39, 0.29) is 57.0 Å². The fraction of sp³-hybridized carbons (Fsp3) is 0. The van der Waals surface area contributed by atoms with Gasteiger partial charge in [-0.1, -0.05) is 0 Å². The van der Waals surface area contributed by atoms with Crippen LogP contribution in [0.2, 0.25) is 0 Å². The third kappa shape index (κ3) is 9.71. The molecule has 0 atom stereocenters. The number of rotatable bonds is 0. The van der Waals surface area contributed by atoms with Crippen LogP contribution in [0.1, 0.15) is 0 Å². The van der Waals surface area contributed by atoms with Gasteiger partial charge in [0.25, 0.3) is 0 Å². The molecular formula is H3Cl3Os. The molecule has 0 aromatic heterocycles. The minimum atomic E-state index is 0. The molecule has 0 bridgehead atoms. The zero-order valence-corrected chi connectivity index (χ0v) is 6.57. The molecule has 0 amide bonds. The normalized spacial score (nSPS) is 0. The molecule has 0 radical (unpaired) electrons. The largest absolute Gasteiger partial charge is 0.147 e. The van der Waals surface area contributed by atoms with Crippen LogP contribution in [0, 0.1) is 0 Å². The van der Waals surface area contributed by atoms with E-state index in [0.29, 0.717) is 0 Å². The fourth-order valence-corrected chi connectivity index (χ4v) is 0. The predicted octanol–water partition coefficient (Wildman–Crippen LogP) is 1.26. The van der Waals surface area contributed by atoms with Gasteiger partial charge in [0.15, 0.2) is 0 Å². The van der Waals surface area contributed by atoms with Crippen LogP contribution >= 0.6 is 37.2 Å². The first-order chi connectivity index (χ1) is 0. The van der Waals surface area contributed by atoms with Gasteiger partial charge in [0, 0.05) is 19.8 Å². The van der Waals surface area contributed by atoms with Gasteiger partial charge in [0.2, 0.25) is 0 Å². The average molecular weight is 300 g/mol. The summed E-state index contributed by atoms with van der Waals surface area (Å²) in [4.78, 5) is 0. The summed E-state index contributed by atoms with van der Waals surface area (Å²) < 4.78 is 0. The van der Waals surface area contributed by atoms with Crippen LogP contribution in [0.15, 0.2) is 0 Å². The van der Waals surface area contributed by atoms with Crippen molar-refractivity contribution in [2.24, 2.45) is 0 Å². The quantitative estimate of drug-likeness (QED) is 0.632. The zero-order valence-electron chi connectivity index (χ0n) is 1.58. The third-order valence-electron chi connectivity index (χ3n) is 0. The SMILES string of the molecule is Cl.Cl.Cl.[Os]. The van der Waals surface area contributed by atoms with Crippen LogP contribution in [0.3, 0.4) is 0 Å². The molecule has 0 aliphatic carbocycles. The van der Waals surface area contributed by atoms with Crippen LogP contribution in [-0.4, -0.2) is 0 Å². The molecule has 0 fully saturated rings. The van der Waals surface area contributed by atoms with Gasteiger partial charge in [-0.05, 0) is 0 Å². The summed E-state index contributed by atoms with van der Waals surface area (Å²) in [6, 6.07) is 0. The predicted molar refractivity (Wildman–Crippen MR) is 21.7 cm³/mol. The Kier molecular flexibility index (Phi) is 301. The Labute approximate surface area is 57.0 Å². The van der Waals surface area contributed by atoms with E-state index in [2.05, 4.69) is 0 Å². The molecule has 32 valence electrons. The number of hydrogen-bond acceptors (Lipinski definition) is 0. The second-order valence-electron chi connectivity index (χ2n) is 0. The van der Waals surface area contributed by atoms with Gasteiger partial charge in [-0.2, -0.15) is 0 Å². The summed E-state index contributed by atoms with van der Waals surface area (Å²) in [5.41, 5.74) is 0. The topological polar surface area (TPSA) is 0 Å². The fourth-order valence-electron chi connectivity index (χ4n) is 0. The van der Waals surface area contributed by atoms with Gasteiger partial charge < -0.3 is 0 Å². The Balaban J connectivity index is 0. The second-order valence-corrected chi connectivity index (χ2v) is 0. The van der Waals surface area contributed by atoms with Crippen molar-refractivity contribution in [2.45, 2.75) is 0 Å². The maximum atomic E-state index is 0. The number of hydrogen-bond donors (Lipinski definition) is 0. The van der Waals surface area contributed by atoms with Crippen molar-refractivity contribution in [2.75, 3.05) is 0 Å². The van der Waals surface area contributed by atoms with Crippen molar-refractivity contribution in [3.8, 4) is 0 Å². The molecule has 0 N–H and O–H groups in total. The van der Waals surface area contributed by atoms with E-state index in [9.17, 15) is 0 Å². The maximum absolute atomic E-state index is 0. The summed E-state index contributed by atoms with van der Waals surface area (Å²) in [6.07, 6.45) is 0. The van der Waals surface area contributed by atoms with Crippen molar-refractivity contribution in [3.05, 3.63) is 0 Å². The van der Waals surface area contributed by atoms with Crippen LogP contribution in [0.4, 0.5) is 0 Å². The van der Waals surface area contributed by atoms with Crippen molar-refractivity contribution in [1.29, 1.82) is 0 Å². The molecule has 0 nitrogen and oxygen atoms in total. The minimum Gasteiger partial charge on any atom is -0.147 e. The molecule has 0 spiro atoms. The van der Waals surface area contributed by atoms with Crippen molar-refractivity contribution in [3.63, 3.8) is 0 Å². The Hall–Kier alpha value is 1.51. The molecule has 4 heteroatoms. The molecule has 0 aromatic carbocycles. The summed E-state index contributed by atoms with van der Waals surface area (Å²) >= 11 is 0. The summed E-state index contributed by atoms with van der Waals surface area (Å²) in [5.74, 6) is 0. The summed E-state index contributed by atoms with van der Waals surface area (Å²) in [7, 11) is 0. The second kappa shape index (κ2) is 24.4. The molecule has 0 heterocycles. The van der Waals surface area contributed by atoms with Crippen molar-refractivity contribution < 1.29 is 19.8 Å². The van der Waals surface area contributed by atoms with E-state index in [4.69, 9.17) is 0 Å². The van der Waals surface area contributed by atoms with Crippen LogP contribution in [-0.2, 0) is 19.8 Å². The van der Waals surface area contributed by atoms with Gasteiger partial charge in [-0.25, -0.2) is 0 Å². The molecular weight excluding hydrogens is 297 g/mol.